The number of nitrogens with one attached hydrogen (secondary N) is 1. The minimum Gasteiger partial charge on any atom is -0.310 e. The highest BCUT2D eigenvalue weighted by atomic mass is 32.1. The summed E-state index contributed by atoms with van der Waals surface area (Å²) in [5.41, 5.74) is 0. The lowest BCUT2D eigenvalue weighted by Crippen LogP contribution is -2.33. The minimum atomic E-state index is 0.0601. The van der Waals surface area contributed by atoms with Crippen molar-refractivity contribution in [3.8, 4) is 0 Å². The molecule has 2 fully saturated rings. The summed E-state index contributed by atoms with van der Waals surface area (Å²) in [4.78, 5) is 17.7. The van der Waals surface area contributed by atoms with Gasteiger partial charge in [-0.05, 0) is 64.1 Å². The van der Waals surface area contributed by atoms with Crippen molar-refractivity contribution in [2.24, 2.45) is 5.92 Å². The molecular formula is C19H26N4OS. The molecular weight excluding hydrogens is 332 g/mol. The van der Waals surface area contributed by atoms with Gasteiger partial charge in [0.05, 0.1) is 18.8 Å². The molecule has 6 heteroatoms. The van der Waals surface area contributed by atoms with Crippen LogP contribution in [-0.4, -0.2) is 33.7 Å². The van der Waals surface area contributed by atoms with Gasteiger partial charge in [0, 0.05) is 21.9 Å². The number of thiophene rings is 1. The molecule has 25 heavy (non-hydrogen) atoms. The average molecular weight is 359 g/mol. The summed E-state index contributed by atoms with van der Waals surface area (Å²) in [6, 6.07) is 7.04. The predicted octanol–water partition coefficient (Wildman–Crippen LogP) is 4.00. The lowest BCUT2D eigenvalue weighted by Gasteiger charge is -2.23. The van der Waals surface area contributed by atoms with E-state index >= 15 is 0 Å². The van der Waals surface area contributed by atoms with Crippen LogP contribution in [0, 0.1) is 12.8 Å². The van der Waals surface area contributed by atoms with E-state index in [0.29, 0.717) is 24.5 Å². The van der Waals surface area contributed by atoms with Crippen LogP contribution >= 0.6 is 11.3 Å². The molecule has 1 saturated carbocycles. The first-order valence-corrected chi connectivity index (χ1v) is 10.1. The monoisotopic (exact) mass is 358 g/mol. The summed E-state index contributed by atoms with van der Waals surface area (Å²) >= 11 is 1.85. The number of aryl methyl sites for hydroxylation is 1. The van der Waals surface area contributed by atoms with Crippen LogP contribution in [0.15, 0.2) is 24.4 Å². The molecule has 4 rings (SSSR count). The van der Waals surface area contributed by atoms with Crippen molar-refractivity contribution < 1.29 is 4.79 Å². The Morgan fingerprint density at radius 3 is 2.92 bits per heavy atom. The summed E-state index contributed by atoms with van der Waals surface area (Å²) in [6.45, 7) is 5.77. The molecule has 2 unspecified atom stereocenters. The second-order valence-electron chi connectivity index (χ2n) is 7.36. The molecule has 0 aromatic carbocycles. The van der Waals surface area contributed by atoms with Crippen LogP contribution in [0.4, 0.5) is 5.82 Å². The zero-order valence-electron chi connectivity index (χ0n) is 14.9. The van der Waals surface area contributed by atoms with Crippen molar-refractivity contribution in [1.82, 2.24) is 14.7 Å². The quantitative estimate of drug-likeness (QED) is 0.849. The maximum Gasteiger partial charge on any atom is 0.239 e. The summed E-state index contributed by atoms with van der Waals surface area (Å²) in [6.07, 6.45) is 6.62. The van der Waals surface area contributed by atoms with E-state index in [9.17, 15) is 4.79 Å². The Labute approximate surface area is 153 Å². The van der Waals surface area contributed by atoms with Crippen molar-refractivity contribution in [2.45, 2.75) is 51.6 Å². The SMILES string of the molecule is Cc1ccc(C2CCCN2CC(=O)Nc2ccnn2C(C)C2CC2)s1. The molecule has 1 N–H and O–H groups in total. The summed E-state index contributed by atoms with van der Waals surface area (Å²) in [5.74, 6) is 1.60. The van der Waals surface area contributed by atoms with Crippen LogP contribution in [0.2, 0.25) is 0 Å². The number of aromatic nitrogens is 2. The van der Waals surface area contributed by atoms with Gasteiger partial charge >= 0.3 is 0 Å². The zero-order chi connectivity index (χ0) is 17.4. The molecule has 0 radical (unpaired) electrons. The molecule has 134 valence electrons. The predicted molar refractivity (Wildman–Crippen MR) is 101 cm³/mol. The summed E-state index contributed by atoms with van der Waals surface area (Å²) in [7, 11) is 0. The van der Waals surface area contributed by atoms with Gasteiger partial charge in [-0.3, -0.25) is 9.69 Å². The van der Waals surface area contributed by atoms with Crippen LogP contribution in [0.3, 0.4) is 0 Å². The number of anilines is 1. The third-order valence-corrected chi connectivity index (χ3v) is 6.53. The summed E-state index contributed by atoms with van der Waals surface area (Å²) < 4.78 is 1.97. The fourth-order valence-electron chi connectivity index (χ4n) is 3.85. The van der Waals surface area contributed by atoms with Crippen LogP contribution < -0.4 is 5.32 Å². The molecule has 1 aliphatic carbocycles. The third-order valence-electron chi connectivity index (χ3n) is 5.43. The molecule has 2 aliphatic rings. The average Bonchev–Trinajstić information content (AvgIpc) is 2.94. The maximum absolute atomic E-state index is 12.6. The highest BCUT2D eigenvalue weighted by Gasteiger charge is 2.31. The van der Waals surface area contributed by atoms with Gasteiger partial charge in [-0.1, -0.05) is 0 Å². The van der Waals surface area contributed by atoms with Gasteiger partial charge in [0.2, 0.25) is 5.91 Å². The zero-order valence-corrected chi connectivity index (χ0v) is 15.8. The van der Waals surface area contributed by atoms with Crippen molar-refractivity contribution in [2.75, 3.05) is 18.4 Å². The van der Waals surface area contributed by atoms with E-state index in [1.54, 1.807) is 6.20 Å². The highest BCUT2D eigenvalue weighted by Crippen LogP contribution is 2.40. The molecule has 2 aromatic rings. The molecule has 3 heterocycles. The first kappa shape index (κ1) is 16.8. The molecule has 5 nitrogen and oxygen atoms in total. The number of carbonyl (C=O) groups is 1. The number of rotatable bonds is 6. The lowest BCUT2D eigenvalue weighted by atomic mass is 10.2. The van der Waals surface area contributed by atoms with E-state index in [4.69, 9.17) is 0 Å². The number of amides is 1. The van der Waals surface area contributed by atoms with Gasteiger partial charge in [0.1, 0.15) is 5.82 Å². The van der Waals surface area contributed by atoms with Crippen molar-refractivity contribution in [3.05, 3.63) is 34.2 Å². The molecule has 2 atom stereocenters. The molecule has 0 spiro atoms. The van der Waals surface area contributed by atoms with E-state index in [2.05, 4.69) is 41.3 Å². The van der Waals surface area contributed by atoms with Crippen LogP contribution in [0.1, 0.15) is 54.4 Å². The Morgan fingerprint density at radius 2 is 2.20 bits per heavy atom. The second kappa shape index (κ2) is 6.92. The van der Waals surface area contributed by atoms with E-state index in [-0.39, 0.29) is 5.91 Å². The Hall–Kier alpha value is -1.66. The number of nitrogens with zero attached hydrogens (tertiary/aromatic N) is 3. The molecule has 1 saturated heterocycles. The topological polar surface area (TPSA) is 50.2 Å². The maximum atomic E-state index is 12.6. The van der Waals surface area contributed by atoms with Crippen LogP contribution in [-0.2, 0) is 4.79 Å². The van der Waals surface area contributed by atoms with E-state index in [1.165, 1.54) is 22.6 Å². The van der Waals surface area contributed by atoms with E-state index < -0.39 is 0 Å². The minimum absolute atomic E-state index is 0.0601. The standard InChI is InChI=1S/C19H26N4OS/c1-13-5-8-17(25-13)16-4-3-11-22(16)12-19(24)21-18-9-10-20-23(18)14(2)15-6-7-15/h5,8-10,14-16H,3-4,6-7,11-12H2,1-2H3,(H,21,24). The lowest BCUT2D eigenvalue weighted by molar-refractivity contribution is -0.117. The summed E-state index contributed by atoms with van der Waals surface area (Å²) in [5, 5.41) is 7.50. The fraction of sp³-hybridized carbons (Fsp3) is 0.579. The Bertz CT molecular complexity index is 748. The van der Waals surface area contributed by atoms with Gasteiger partial charge < -0.3 is 5.32 Å². The van der Waals surface area contributed by atoms with Crippen LogP contribution in [0.25, 0.3) is 0 Å². The van der Waals surface area contributed by atoms with Crippen LogP contribution in [0.5, 0.6) is 0 Å². The van der Waals surface area contributed by atoms with Gasteiger partial charge in [-0.2, -0.15) is 5.10 Å². The second-order valence-corrected chi connectivity index (χ2v) is 8.68. The number of hydrogen-bond donors (Lipinski definition) is 1. The fourth-order valence-corrected chi connectivity index (χ4v) is 4.90. The van der Waals surface area contributed by atoms with E-state index in [1.807, 2.05) is 22.1 Å². The number of likely N-dealkylation sites (tertiary alicyclic amines) is 1. The van der Waals surface area contributed by atoms with Crippen molar-refractivity contribution in [3.63, 3.8) is 0 Å². The van der Waals surface area contributed by atoms with Gasteiger partial charge in [-0.15, -0.1) is 11.3 Å². The van der Waals surface area contributed by atoms with E-state index in [0.717, 1.165) is 25.2 Å². The number of hydrogen-bond acceptors (Lipinski definition) is 4. The smallest absolute Gasteiger partial charge is 0.239 e. The third kappa shape index (κ3) is 3.65. The van der Waals surface area contributed by atoms with Crippen molar-refractivity contribution >= 4 is 23.1 Å². The molecule has 0 bridgehead atoms. The normalized spacial score (nSPS) is 22.2. The molecule has 2 aromatic heterocycles. The largest absolute Gasteiger partial charge is 0.310 e. The highest BCUT2D eigenvalue weighted by molar-refractivity contribution is 7.12. The van der Waals surface area contributed by atoms with Gasteiger partial charge in [-0.25, -0.2) is 4.68 Å². The van der Waals surface area contributed by atoms with Crippen molar-refractivity contribution in [1.29, 1.82) is 0 Å². The Kier molecular flexibility index (Phi) is 4.65. The molecule has 1 amide bonds. The van der Waals surface area contributed by atoms with Gasteiger partial charge in [0.25, 0.3) is 0 Å². The first-order valence-electron chi connectivity index (χ1n) is 9.25. The van der Waals surface area contributed by atoms with Gasteiger partial charge in [0.15, 0.2) is 0 Å². The Balaban J connectivity index is 1.40. The Morgan fingerprint density at radius 1 is 1.36 bits per heavy atom. The molecule has 1 aliphatic heterocycles. The number of carbonyl (C=O) groups excluding carboxylic acids is 1. The first-order chi connectivity index (χ1) is 12.1.